The molecule has 0 fully saturated rings. The highest BCUT2D eigenvalue weighted by molar-refractivity contribution is 6.04. The van der Waals surface area contributed by atoms with Crippen molar-refractivity contribution < 1.29 is 9.90 Å². The first-order valence-corrected chi connectivity index (χ1v) is 6.59. The smallest absolute Gasteiger partial charge is 0.255 e. The van der Waals surface area contributed by atoms with Gasteiger partial charge >= 0.3 is 0 Å². The Bertz CT molecular complexity index is 579. The predicted molar refractivity (Wildman–Crippen MR) is 79.9 cm³/mol. The van der Waals surface area contributed by atoms with E-state index in [2.05, 4.69) is 17.6 Å². The van der Waals surface area contributed by atoms with Gasteiger partial charge in [-0.3, -0.25) is 4.79 Å². The van der Waals surface area contributed by atoms with Crippen molar-refractivity contribution in [2.75, 3.05) is 11.9 Å². The Balaban J connectivity index is 2.05. The second-order valence-electron chi connectivity index (χ2n) is 4.48. The van der Waals surface area contributed by atoms with Gasteiger partial charge in [-0.2, -0.15) is 0 Å². The Morgan fingerprint density at radius 1 is 1.15 bits per heavy atom. The lowest BCUT2D eigenvalue weighted by atomic mass is 10.1. The van der Waals surface area contributed by atoms with E-state index < -0.39 is 0 Å². The van der Waals surface area contributed by atoms with Crippen molar-refractivity contribution in [2.24, 2.45) is 0 Å². The van der Waals surface area contributed by atoms with Crippen LogP contribution >= 0.6 is 0 Å². The van der Waals surface area contributed by atoms with Crippen molar-refractivity contribution in [3.05, 3.63) is 59.7 Å². The van der Waals surface area contributed by atoms with E-state index in [1.807, 2.05) is 24.3 Å². The first kappa shape index (κ1) is 14.1. The van der Waals surface area contributed by atoms with Gasteiger partial charge in [0.2, 0.25) is 0 Å². The third-order valence-electron chi connectivity index (χ3n) is 2.89. The molecule has 0 spiro atoms. The van der Waals surface area contributed by atoms with E-state index in [9.17, 15) is 9.90 Å². The van der Waals surface area contributed by atoms with E-state index in [-0.39, 0.29) is 11.7 Å². The number of benzene rings is 2. The molecule has 1 amide bonds. The zero-order chi connectivity index (χ0) is 14.4. The number of hydrogen-bond donors (Lipinski definition) is 3. The average molecular weight is 270 g/mol. The number of hydrogen-bond acceptors (Lipinski definition) is 3. The molecule has 2 aromatic rings. The van der Waals surface area contributed by atoms with Crippen molar-refractivity contribution in [3.63, 3.8) is 0 Å². The third-order valence-corrected chi connectivity index (χ3v) is 2.89. The maximum Gasteiger partial charge on any atom is 0.255 e. The minimum absolute atomic E-state index is 0.147. The Labute approximate surface area is 118 Å². The SMILES string of the molecule is CCNCc1cccc(NC(=O)c2ccc(O)cc2)c1. The summed E-state index contributed by atoms with van der Waals surface area (Å²) in [6.07, 6.45) is 0. The van der Waals surface area contributed by atoms with Crippen LogP contribution in [-0.4, -0.2) is 17.6 Å². The summed E-state index contributed by atoms with van der Waals surface area (Å²) >= 11 is 0. The first-order chi connectivity index (χ1) is 9.69. The highest BCUT2D eigenvalue weighted by Gasteiger charge is 2.06. The van der Waals surface area contributed by atoms with E-state index in [1.165, 1.54) is 12.1 Å². The number of rotatable bonds is 5. The van der Waals surface area contributed by atoms with Crippen molar-refractivity contribution in [2.45, 2.75) is 13.5 Å². The van der Waals surface area contributed by atoms with Crippen LogP contribution in [0.5, 0.6) is 5.75 Å². The molecule has 0 radical (unpaired) electrons. The van der Waals surface area contributed by atoms with Crippen molar-refractivity contribution >= 4 is 11.6 Å². The molecule has 4 heteroatoms. The van der Waals surface area contributed by atoms with Crippen molar-refractivity contribution in [1.82, 2.24) is 5.32 Å². The second-order valence-corrected chi connectivity index (χ2v) is 4.48. The summed E-state index contributed by atoms with van der Waals surface area (Å²) in [6.45, 7) is 3.74. The van der Waals surface area contributed by atoms with E-state index in [4.69, 9.17) is 0 Å². The van der Waals surface area contributed by atoms with Gasteiger partial charge in [0.1, 0.15) is 5.75 Å². The molecule has 104 valence electrons. The minimum atomic E-state index is -0.189. The number of amides is 1. The number of carbonyl (C=O) groups is 1. The Morgan fingerprint density at radius 3 is 2.60 bits per heavy atom. The van der Waals surface area contributed by atoms with Crippen LogP contribution in [0.4, 0.5) is 5.69 Å². The average Bonchev–Trinajstić information content (AvgIpc) is 2.46. The van der Waals surface area contributed by atoms with Crippen molar-refractivity contribution in [1.29, 1.82) is 0 Å². The molecule has 0 aliphatic carbocycles. The fourth-order valence-corrected chi connectivity index (χ4v) is 1.84. The summed E-state index contributed by atoms with van der Waals surface area (Å²) in [5, 5.41) is 15.3. The summed E-state index contributed by atoms with van der Waals surface area (Å²) in [4.78, 5) is 12.0. The fraction of sp³-hybridized carbons (Fsp3) is 0.188. The van der Waals surface area contributed by atoms with Crippen LogP contribution in [0.2, 0.25) is 0 Å². The van der Waals surface area contributed by atoms with E-state index in [1.54, 1.807) is 12.1 Å². The van der Waals surface area contributed by atoms with E-state index >= 15 is 0 Å². The van der Waals surface area contributed by atoms with Gasteiger partial charge in [0, 0.05) is 17.8 Å². The summed E-state index contributed by atoms with van der Waals surface area (Å²) in [6, 6.07) is 13.9. The van der Waals surface area contributed by atoms with Crippen LogP contribution in [0, 0.1) is 0 Å². The summed E-state index contributed by atoms with van der Waals surface area (Å²) < 4.78 is 0. The highest BCUT2D eigenvalue weighted by atomic mass is 16.3. The Kier molecular flexibility index (Phi) is 4.74. The van der Waals surface area contributed by atoms with Crippen LogP contribution in [0.3, 0.4) is 0 Å². The first-order valence-electron chi connectivity index (χ1n) is 6.59. The quantitative estimate of drug-likeness (QED) is 0.783. The van der Waals surface area contributed by atoms with Gasteiger partial charge in [-0.1, -0.05) is 19.1 Å². The van der Waals surface area contributed by atoms with Gasteiger partial charge in [0.15, 0.2) is 0 Å². The zero-order valence-corrected chi connectivity index (χ0v) is 11.4. The third kappa shape index (κ3) is 3.83. The maximum atomic E-state index is 12.0. The lowest BCUT2D eigenvalue weighted by Gasteiger charge is -2.08. The molecule has 0 aliphatic heterocycles. The molecule has 3 N–H and O–H groups in total. The van der Waals surface area contributed by atoms with Crippen molar-refractivity contribution in [3.8, 4) is 5.75 Å². The predicted octanol–water partition coefficient (Wildman–Crippen LogP) is 2.75. The number of aromatic hydroxyl groups is 1. The Morgan fingerprint density at radius 2 is 1.90 bits per heavy atom. The van der Waals surface area contributed by atoms with Gasteiger partial charge in [0.05, 0.1) is 0 Å². The van der Waals surface area contributed by atoms with Gasteiger partial charge in [0.25, 0.3) is 5.91 Å². The summed E-state index contributed by atoms with van der Waals surface area (Å²) in [5.74, 6) is -0.0419. The lowest BCUT2D eigenvalue weighted by Crippen LogP contribution is -2.14. The van der Waals surface area contributed by atoms with Gasteiger partial charge in [-0.05, 0) is 48.5 Å². The molecule has 0 aromatic heterocycles. The van der Waals surface area contributed by atoms with Crippen LogP contribution < -0.4 is 10.6 Å². The molecule has 0 aliphatic rings. The summed E-state index contributed by atoms with van der Waals surface area (Å²) in [5.41, 5.74) is 2.40. The molecular weight excluding hydrogens is 252 g/mol. The summed E-state index contributed by atoms with van der Waals surface area (Å²) in [7, 11) is 0. The second kappa shape index (κ2) is 6.73. The van der Waals surface area contributed by atoms with Crippen LogP contribution in [0.1, 0.15) is 22.8 Å². The molecule has 0 unspecified atom stereocenters. The highest BCUT2D eigenvalue weighted by Crippen LogP contribution is 2.14. The van der Waals surface area contributed by atoms with Crippen LogP contribution in [0.15, 0.2) is 48.5 Å². The molecule has 0 saturated carbocycles. The monoisotopic (exact) mass is 270 g/mol. The normalized spacial score (nSPS) is 10.2. The molecular formula is C16H18N2O2. The molecule has 0 bridgehead atoms. The van der Waals surface area contributed by atoms with Gasteiger partial charge in [-0.25, -0.2) is 0 Å². The molecule has 0 heterocycles. The van der Waals surface area contributed by atoms with E-state index in [0.717, 1.165) is 24.3 Å². The number of carbonyl (C=O) groups excluding carboxylic acids is 1. The van der Waals surface area contributed by atoms with E-state index in [0.29, 0.717) is 5.56 Å². The van der Waals surface area contributed by atoms with Gasteiger partial charge in [-0.15, -0.1) is 0 Å². The molecule has 2 rings (SSSR count). The topological polar surface area (TPSA) is 61.4 Å². The number of anilines is 1. The fourth-order valence-electron chi connectivity index (χ4n) is 1.84. The lowest BCUT2D eigenvalue weighted by molar-refractivity contribution is 0.102. The number of nitrogens with one attached hydrogen (secondary N) is 2. The molecule has 0 saturated heterocycles. The number of phenolic OH excluding ortho intramolecular Hbond substituents is 1. The van der Waals surface area contributed by atoms with Crippen LogP contribution in [-0.2, 0) is 6.54 Å². The van der Waals surface area contributed by atoms with Crippen LogP contribution in [0.25, 0.3) is 0 Å². The number of phenols is 1. The largest absolute Gasteiger partial charge is 0.508 e. The maximum absolute atomic E-state index is 12.0. The zero-order valence-electron chi connectivity index (χ0n) is 11.4. The Hall–Kier alpha value is -2.33. The molecule has 2 aromatic carbocycles. The molecule has 0 atom stereocenters. The molecule has 20 heavy (non-hydrogen) atoms. The standard InChI is InChI=1S/C16H18N2O2/c1-2-17-11-12-4-3-5-14(10-12)18-16(20)13-6-8-15(19)9-7-13/h3-10,17,19H,2,11H2,1H3,(H,18,20). The van der Waals surface area contributed by atoms with Gasteiger partial charge < -0.3 is 15.7 Å². The molecule has 4 nitrogen and oxygen atoms in total. The minimum Gasteiger partial charge on any atom is -0.508 e.